The van der Waals surface area contributed by atoms with Crippen molar-refractivity contribution in [2.24, 2.45) is 0 Å². The first-order valence-corrected chi connectivity index (χ1v) is 6.60. The Morgan fingerprint density at radius 3 is 2.88 bits per heavy atom. The van der Waals surface area contributed by atoms with E-state index in [0.29, 0.717) is 13.2 Å². The number of carbonyl (C=O) groups excluding carboxylic acids is 1. The van der Waals surface area contributed by atoms with Gasteiger partial charge in [-0.1, -0.05) is 15.9 Å². The number of carbonyl (C=O) groups is 1. The molecule has 1 aromatic carbocycles. The Morgan fingerprint density at radius 1 is 1.29 bits per heavy atom. The van der Waals surface area contributed by atoms with Crippen molar-refractivity contribution in [1.82, 2.24) is 4.90 Å². The van der Waals surface area contributed by atoms with Gasteiger partial charge in [-0.3, -0.25) is 4.79 Å². The van der Waals surface area contributed by atoms with E-state index >= 15 is 0 Å². The third-order valence-electron chi connectivity index (χ3n) is 2.80. The highest BCUT2D eigenvalue weighted by molar-refractivity contribution is 9.10. The predicted octanol–water partition coefficient (Wildman–Crippen LogP) is 2.62. The SMILES string of the molecule is Cc1cc(Br)cc(C(=O)N2CCCOCC2)c1. The zero-order valence-electron chi connectivity index (χ0n) is 9.91. The first-order chi connectivity index (χ1) is 8.16. The van der Waals surface area contributed by atoms with Gasteiger partial charge in [0.25, 0.3) is 5.91 Å². The summed E-state index contributed by atoms with van der Waals surface area (Å²) in [6, 6.07) is 5.81. The standard InChI is InChI=1S/C13H16BrNO2/c1-10-7-11(9-12(14)8-10)13(16)15-3-2-5-17-6-4-15/h7-9H,2-6H2,1H3. The molecule has 3 nitrogen and oxygen atoms in total. The topological polar surface area (TPSA) is 29.5 Å². The lowest BCUT2D eigenvalue weighted by molar-refractivity contribution is 0.0741. The Labute approximate surface area is 110 Å². The molecule has 2 rings (SSSR count). The maximum Gasteiger partial charge on any atom is 0.253 e. The Hall–Kier alpha value is -0.870. The smallest absolute Gasteiger partial charge is 0.253 e. The Balaban J connectivity index is 2.17. The minimum Gasteiger partial charge on any atom is -0.380 e. The zero-order valence-corrected chi connectivity index (χ0v) is 11.5. The van der Waals surface area contributed by atoms with Crippen molar-refractivity contribution in [3.63, 3.8) is 0 Å². The van der Waals surface area contributed by atoms with Crippen LogP contribution < -0.4 is 0 Å². The van der Waals surface area contributed by atoms with Gasteiger partial charge in [0.15, 0.2) is 0 Å². The second kappa shape index (κ2) is 5.65. The van der Waals surface area contributed by atoms with Crippen molar-refractivity contribution in [3.05, 3.63) is 33.8 Å². The molecule has 0 unspecified atom stereocenters. The highest BCUT2D eigenvalue weighted by atomic mass is 79.9. The van der Waals surface area contributed by atoms with Crippen molar-refractivity contribution in [2.75, 3.05) is 26.3 Å². The van der Waals surface area contributed by atoms with Crippen LogP contribution >= 0.6 is 15.9 Å². The molecule has 17 heavy (non-hydrogen) atoms. The molecular weight excluding hydrogens is 282 g/mol. The van der Waals surface area contributed by atoms with Gasteiger partial charge in [0.2, 0.25) is 0 Å². The van der Waals surface area contributed by atoms with Gasteiger partial charge in [-0.15, -0.1) is 0 Å². The molecule has 0 bridgehead atoms. The molecule has 92 valence electrons. The fourth-order valence-electron chi connectivity index (χ4n) is 1.99. The van der Waals surface area contributed by atoms with Gasteiger partial charge in [-0.05, 0) is 37.1 Å². The molecule has 0 aromatic heterocycles. The fraction of sp³-hybridized carbons (Fsp3) is 0.462. The van der Waals surface area contributed by atoms with E-state index in [1.807, 2.05) is 30.0 Å². The van der Waals surface area contributed by atoms with E-state index in [9.17, 15) is 4.79 Å². The Morgan fingerprint density at radius 2 is 2.12 bits per heavy atom. The molecule has 1 aromatic rings. The van der Waals surface area contributed by atoms with Gasteiger partial charge in [0.05, 0.1) is 6.61 Å². The van der Waals surface area contributed by atoms with E-state index in [-0.39, 0.29) is 5.91 Å². The van der Waals surface area contributed by atoms with Gasteiger partial charge < -0.3 is 9.64 Å². The average Bonchev–Trinajstić information content (AvgIpc) is 2.55. The molecule has 1 fully saturated rings. The average molecular weight is 298 g/mol. The number of halogens is 1. The highest BCUT2D eigenvalue weighted by Crippen LogP contribution is 2.17. The molecule has 1 heterocycles. The van der Waals surface area contributed by atoms with E-state index in [2.05, 4.69) is 15.9 Å². The molecular formula is C13H16BrNO2. The van der Waals surface area contributed by atoms with Crippen LogP contribution in [0.4, 0.5) is 0 Å². The first-order valence-electron chi connectivity index (χ1n) is 5.81. The maximum absolute atomic E-state index is 12.3. The summed E-state index contributed by atoms with van der Waals surface area (Å²) < 4.78 is 6.31. The number of amides is 1. The summed E-state index contributed by atoms with van der Waals surface area (Å²) in [5.74, 6) is 0.0971. The maximum atomic E-state index is 12.3. The Kier molecular flexibility index (Phi) is 4.18. The van der Waals surface area contributed by atoms with Crippen molar-refractivity contribution >= 4 is 21.8 Å². The molecule has 0 spiro atoms. The summed E-state index contributed by atoms with van der Waals surface area (Å²) in [4.78, 5) is 14.2. The van der Waals surface area contributed by atoms with E-state index in [4.69, 9.17) is 4.74 Å². The lowest BCUT2D eigenvalue weighted by atomic mass is 10.1. The van der Waals surface area contributed by atoms with Crippen molar-refractivity contribution < 1.29 is 9.53 Å². The van der Waals surface area contributed by atoms with Crippen molar-refractivity contribution in [1.29, 1.82) is 0 Å². The van der Waals surface area contributed by atoms with E-state index in [1.165, 1.54) is 0 Å². The fourth-order valence-corrected chi connectivity index (χ4v) is 2.60. The monoisotopic (exact) mass is 297 g/mol. The minimum atomic E-state index is 0.0971. The largest absolute Gasteiger partial charge is 0.380 e. The molecule has 0 aliphatic carbocycles. The first kappa shape index (κ1) is 12.6. The van der Waals surface area contributed by atoms with Gasteiger partial charge in [-0.25, -0.2) is 0 Å². The highest BCUT2D eigenvalue weighted by Gasteiger charge is 2.17. The molecule has 1 aliphatic rings. The van der Waals surface area contributed by atoms with Crippen molar-refractivity contribution in [2.45, 2.75) is 13.3 Å². The van der Waals surface area contributed by atoms with Gasteiger partial charge in [-0.2, -0.15) is 0 Å². The molecule has 1 aliphatic heterocycles. The number of aryl methyl sites for hydroxylation is 1. The summed E-state index contributed by atoms with van der Waals surface area (Å²) in [6.07, 6.45) is 0.915. The van der Waals surface area contributed by atoms with E-state index in [1.54, 1.807) is 0 Å². The summed E-state index contributed by atoms with van der Waals surface area (Å²) in [5.41, 5.74) is 1.84. The number of benzene rings is 1. The van der Waals surface area contributed by atoms with Crippen LogP contribution in [0.25, 0.3) is 0 Å². The van der Waals surface area contributed by atoms with Crippen LogP contribution in [-0.2, 0) is 4.74 Å². The van der Waals surface area contributed by atoms with Crippen LogP contribution in [0.15, 0.2) is 22.7 Å². The second-order valence-corrected chi connectivity index (χ2v) is 5.19. The molecule has 1 amide bonds. The van der Waals surface area contributed by atoms with E-state index < -0.39 is 0 Å². The normalized spacial score (nSPS) is 16.7. The number of ether oxygens (including phenoxy) is 1. The third-order valence-corrected chi connectivity index (χ3v) is 3.26. The van der Waals surface area contributed by atoms with Crippen LogP contribution in [-0.4, -0.2) is 37.1 Å². The molecule has 0 saturated carbocycles. The van der Waals surface area contributed by atoms with Crippen molar-refractivity contribution in [3.8, 4) is 0 Å². The van der Waals surface area contributed by atoms with Gasteiger partial charge in [0, 0.05) is 29.7 Å². The molecule has 0 N–H and O–H groups in total. The van der Waals surface area contributed by atoms with Gasteiger partial charge >= 0.3 is 0 Å². The molecule has 4 heteroatoms. The molecule has 1 saturated heterocycles. The number of nitrogens with zero attached hydrogens (tertiary/aromatic N) is 1. The van der Waals surface area contributed by atoms with Crippen LogP contribution in [0.2, 0.25) is 0 Å². The quantitative estimate of drug-likeness (QED) is 0.797. The number of rotatable bonds is 1. The minimum absolute atomic E-state index is 0.0971. The van der Waals surface area contributed by atoms with Crippen LogP contribution in [0.3, 0.4) is 0 Å². The third kappa shape index (κ3) is 3.30. The van der Waals surface area contributed by atoms with Crippen LogP contribution in [0.5, 0.6) is 0 Å². The Bertz CT molecular complexity index is 392. The van der Waals surface area contributed by atoms with Crippen LogP contribution in [0, 0.1) is 6.92 Å². The predicted molar refractivity (Wildman–Crippen MR) is 70.2 cm³/mol. The zero-order chi connectivity index (χ0) is 12.3. The second-order valence-electron chi connectivity index (χ2n) is 4.28. The lowest BCUT2D eigenvalue weighted by Gasteiger charge is -2.20. The number of hydrogen-bond acceptors (Lipinski definition) is 2. The molecule has 0 atom stereocenters. The van der Waals surface area contributed by atoms with Gasteiger partial charge in [0.1, 0.15) is 0 Å². The lowest BCUT2D eigenvalue weighted by Crippen LogP contribution is -2.33. The number of hydrogen-bond donors (Lipinski definition) is 0. The molecule has 0 radical (unpaired) electrons. The summed E-state index contributed by atoms with van der Waals surface area (Å²) >= 11 is 3.43. The summed E-state index contributed by atoms with van der Waals surface area (Å²) in [6.45, 7) is 4.85. The van der Waals surface area contributed by atoms with E-state index in [0.717, 1.165) is 35.2 Å². The summed E-state index contributed by atoms with van der Waals surface area (Å²) in [5, 5.41) is 0. The van der Waals surface area contributed by atoms with Crippen LogP contribution in [0.1, 0.15) is 22.3 Å². The summed E-state index contributed by atoms with van der Waals surface area (Å²) in [7, 11) is 0.